The fourth-order valence-electron chi connectivity index (χ4n) is 2.29. The van der Waals surface area contributed by atoms with Crippen LogP contribution in [0.15, 0.2) is 30.3 Å². The highest BCUT2D eigenvalue weighted by atomic mass is 16.5. The molecular weight excluding hydrogens is 258 g/mol. The van der Waals surface area contributed by atoms with Gasteiger partial charge in [0.2, 0.25) is 0 Å². The lowest BCUT2D eigenvalue weighted by Crippen LogP contribution is -2.43. The Hall–Kier alpha value is -1.88. The number of para-hydroxylation sites is 1. The van der Waals surface area contributed by atoms with Gasteiger partial charge in [-0.2, -0.15) is 0 Å². The van der Waals surface area contributed by atoms with Crippen molar-refractivity contribution in [3.63, 3.8) is 0 Å². The second-order valence-corrected chi connectivity index (χ2v) is 4.82. The first-order valence-corrected chi connectivity index (χ1v) is 6.88. The minimum absolute atomic E-state index is 0.0760. The Bertz CT molecular complexity index is 454. The molecule has 0 bridgehead atoms. The van der Waals surface area contributed by atoms with E-state index in [1.807, 2.05) is 30.3 Å². The molecule has 20 heavy (non-hydrogen) atoms. The summed E-state index contributed by atoms with van der Waals surface area (Å²) in [6, 6.07) is 9.14. The summed E-state index contributed by atoms with van der Waals surface area (Å²) in [5, 5.41) is 8.83. The lowest BCUT2D eigenvalue weighted by atomic mass is 10.1. The van der Waals surface area contributed by atoms with Crippen molar-refractivity contribution in [3.05, 3.63) is 30.3 Å². The van der Waals surface area contributed by atoms with Gasteiger partial charge in [0, 0.05) is 18.8 Å². The molecule has 1 aromatic rings. The standard InChI is InChI=1S/C15H19NO4/c17-14(18)9-10-16(12-6-2-1-3-7-12)15(19)13-8-4-5-11-20-13/h1-3,6-7,13H,4-5,8-11H2,(H,17,18). The van der Waals surface area contributed by atoms with Crippen LogP contribution in [-0.4, -0.2) is 36.2 Å². The monoisotopic (exact) mass is 277 g/mol. The van der Waals surface area contributed by atoms with Crippen molar-refractivity contribution >= 4 is 17.6 Å². The maximum atomic E-state index is 12.5. The summed E-state index contributed by atoms with van der Waals surface area (Å²) in [5.41, 5.74) is 0.716. The van der Waals surface area contributed by atoms with Crippen molar-refractivity contribution in [1.29, 1.82) is 0 Å². The maximum Gasteiger partial charge on any atom is 0.305 e. The van der Waals surface area contributed by atoms with E-state index in [1.165, 1.54) is 4.90 Å². The first kappa shape index (κ1) is 14.5. The number of nitrogens with zero attached hydrogens (tertiary/aromatic N) is 1. The molecular formula is C15H19NO4. The molecule has 1 saturated heterocycles. The molecule has 0 aromatic heterocycles. The number of hydrogen-bond donors (Lipinski definition) is 1. The summed E-state index contributed by atoms with van der Waals surface area (Å²) in [6.07, 6.45) is 2.13. The summed E-state index contributed by atoms with van der Waals surface area (Å²) in [7, 11) is 0. The van der Waals surface area contributed by atoms with E-state index in [9.17, 15) is 9.59 Å². The Labute approximate surface area is 118 Å². The third kappa shape index (κ3) is 3.81. The predicted octanol–water partition coefficient (Wildman–Crippen LogP) is 2.06. The van der Waals surface area contributed by atoms with Crippen LogP contribution in [0.25, 0.3) is 0 Å². The molecule has 5 heteroatoms. The number of anilines is 1. The Morgan fingerprint density at radius 3 is 2.60 bits per heavy atom. The molecule has 1 amide bonds. The number of amides is 1. The molecule has 1 aliphatic rings. The molecule has 1 N–H and O–H groups in total. The van der Waals surface area contributed by atoms with E-state index in [-0.39, 0.29) is 18.9 Å². The average molecular weight is 277 g/mol. The summed E-state index contributed by atoms with van der Waals surface area (Å²) in [6.45, 7) is 0.760. The number of benzene rings is 1. The van der Waals surface area contributed by atoms with E-state index in [4.69, 9.17) is 9.84 Å². The zero-order chi connectivity index (χ0) is 14.4. The van der Waals surface area contributed by atoms with Gasteiger partial charge in [-0.15, -0.1) is 0 Å². The van der Waals surface area contributed by atoms with Gasteiger partial charge in [0.05, 0.1) is 6.42 Å². The molecule has 0 radical (unpaired) electrons. The van der Waals surface area contributed by atoms with E-state index in [1.54, 1.807) is 0 Å². The Morgan fingerprint density at radius 1 is 1.25 bits per heavy atom. The number of ether oxygens (including phenoxy) is 1. The highest BCUT2D eigenvalue weighted by Gasteiger charge is 2.28. The number of carboxylic acids is 1. The van der Waals surface area contributed by atoms with Crippen LogP contribution in [0.2, 0.25) is 0 Å². The van der Waals surface area contributed by atoms with E-state index in [0.29, 0.717) is 18.7 Å². The van der Waals surface area contributed by atoms with Crippen LogP contribution in [0.4, 0.5) is 5.69 Å². The molecule has 0 aliphatic carbocycles. The third-order valence-corrected chi connectivity index (χ3v) is 3.34. The van der Waals surface area contributed by atoms with Gasteiger partial charge in [0.15, 0.2) is 0 Å². The first-order chi connectivity index (χ1) is 9.68. The number of carbonyl (C=O) groups excluding carboxylic acids is 1. The second kappa shape index (κ2) is 7.05. The van der Waals surface area contributed by atoms with Crippen molar-refractivity contribution < 1.29 is 19.4 Å². The van der Waals surface area contributed by atoms with Gasteiger partial charge < -0.3 is 14.7 Å². The number of hydrogen-bond acceptors (Lipinski definition) is 3. The van der Waals surface area contributed by atoms with Gasteiger partial charge in [-0.1, -0.05) is 18.2 Å². The number of aliphatic carboxylic acids is 1. The van der Waals surface area contributed by atoms with Crippen LogP contribution >= 0.6 is 0 Å². The molecule has 1 aromatic carbocycles. The van der Waals surface area contributed by atoms with Crippen LogP contribution in [0, 0.1) is 0 Å². The minimum atomic E-state index is -0.914. The molecule has 1 atom stereocenters. The summed E-state index contributed by atoms with van der Waals surface area (Å²) < 4.78 is 5.51. The largest absolute Gasteiger partial charge is 0.481 e. The van der Waals surface area contributed by atoms with Crippen molar-refractivity contribution in [3.8, 4) is 0 Å². The Morgan fingerprint density at radius 2 is 2.00 bits per heavy atom. The zero-order valence-corrected chi connectivity index (χ0v) is 11.3. The smallest absolute Gasteiger partial charge is 0.305 e. The van der Waals surface area contributed by atoms with E-state index in [2.05, 4.69) is 0 Å². The predicted molar refractivity (Wildman–Crippen MR) is 74.6 cm³/mol. The van der Waals surface area contributed by atoms with Crippen LogP contribution < -0.4 is 4.90 Å². The van der Waals surface area contributed by atoms with E-state index in [0.717, 1.165) is 12.8 Å². The highest BCUT2D eigenvalue weighted by molar-refractivity contribution is 5.97. The molecule has 2 rings (SSSR count). The topological polar surface area (TPSA) is 66.8 Å². The van der Waals surface area contributed by atoms with Crippen LogP contribution in [0.1, 0.15) is 25.7 Å². The fraction of sp³-hybridized carbons (Fsp3) is 0.467. The molecule has 1 aliphatic heterocycles. The first-order valence-electron chi connectivity index (χ1n) is 6.88. The highest BCUT2D eigenvalue weighted by Crippen LogP contribution is 2.20. The average Bonchev–Trinajstić information content (AvgIpc) is 2.49. The van der Waals surface area contributed by atoms with Crippen LogP contribution in [-0.2, 0) is 14.3 Å². The molecule has 0 saturated carbocycles. The Kier molecular flexibility index (Phi) is 5.12. The third-order valence-electron chi connectivity index (χ3n) is 3.34. The zero-order valence-electron chi connectivity index (χ0n) is 11.3. The Balaban J connectivity index is 2.12. The molecule has 1 heterocycles. The fourth-order valence-corrected chi connectivity index (χ4v) is 2.29. The van der Waals surface area contributed by atoms with Crippen molar-refractivity contribution in [2.75, 3.05) is 18.1 Å². The molecule has 0 spiro atoms. The van der Waals surface area contributed by atoms with Crippen molar-refractivity contribution in [2.45, 2.75) is 31.8 Å². The molecule has 108 valence electrons. The SMILES string of the molecule is O=C(O)CCN(C(=O)C1CCCCO1)c1ccccc1. The molecule has 5 nitrogen and oxygen atoms in total. The number of rotatable bonds is 5. The maximum absolute atomic E-state index is 12.5. The number of carboxylic acid groups (broad SMARTS) is 1. The number of carbonyl (C=O) groups is 2. The van der Waals surface area contributed by atoms with Gasteiger partial charge in [0.1, 0.15) is 6.10 Å². The van der Waals surface area contributed by atoms with Crippen LogP contribution in [0.3, 0.4) is 0 Å². The van der Waals surface area contributed by atoms with Crippen molar-refractivity contribution in [2.24, 2.45) is 0 Å². The van der Waals surface area contributed by atoms with Gasteiger partial charge in [-0.25, -0.2) is 0 Å². The van der Waals surface area contributed by atoms with E-state index < -0.39 is 12.1 Å². The molecule has 1 fully saturated rings. The quantitative estimate of drug-likeness (QED) is 0.894. The lowest BCUT2D eigenvalue weighted by molar-refractivity contribution is -0.137. The summed E-state index contributed by atoms with van der Waals surface area (Å²) in [4.78, 5) is 24.8. The summed E-state index contributed by atoms with van der Waals surface area (Å²) in [5.74, 6) is -1.06. The minimum Gasteiger partial charge on any atom is -0.481 e. The molecule has 1 unspecified atom stereocenters. The summed E-state index contributed by atoms with van der Waals surface area (Å²) >= 11 is 0. The van der Waals surface area contributed by atoms with Crippen molar-refractivity contribution in [1.82, 2.24) is 0 Å². The van der Waals surface area contributed by atoms with Gasteiger partial charge in [0.25, 0.3) is 5.91 Å². The van der Waals surface area contributed by atoms with Gasteiger partial charge in [-0.05, 0) is 31.4 Å². The lowest BCUT2D eigenvalue weighted by Gasteiger charge is -2.29. The normalized spacial score (nSPS) is 18.5. The van der Waals surface area contributed by atoms with E-state index >= 15 is 0 Å². The van der Waals surface area contributed by atoms with Crippen LogP contribution in [0.5, 0.6) is 0 Å². The van der Waals surface area contributed by atoms with Gasteiger partial charge in [-0.3, -0.25) is 9.59 Å². The second-order valence-electron chi connectivity index (χ2n) is 4.82. The van der Waals surface area contributed by atoms with Gasteiger partial charge >= 0.3 is 5.97 Å².